The highest BCUT2D eigenvalue weighted by Crippen LogP contribution is 2.33. The summed E-state index contributed by atoms with van der Waals surface area (Å²) in [5.74, 6) is 0.614. The summed E-state index contributed by atoms with van der Waals surface area (Å²) in [6.07, 6.45) is 3.14. The van der Waals surface area contributed by atoms with E-state index in [1.807, 2.05) is 41.0 Å². The Labute approximate surface area is 199 Å². The Hall–Kier alpha value is -2.94. The van der Waals surface area contributed by atoms with E-state index in [4.69, 9.17) is 23.2 Å². The highest BCUT2D eigenvalue weighted by Gasteiger charge is 2.22. The number of halogens is 2. The highest BCUT2D eigenvalue weighted by molar-refractivity contribution is 8.00. The SMILES string of the molecule is CC(Sc1nnc(-c2ccc(Cl)cc2Cl)n1Cc1ccccc1)C(=O)Nc1ncccn1. The van der Waals surface area contributed by atoms with Gasteiger partial charge in [0.15, 0.2) is 11.0 Å². The molecule has 1 atom stereocenters. The first kappa shape index (κ1) is 22.3. The first-order valence-electron chi connectivity index (χ1n) is 9.68. The van der Waals surface area contributed by atoms with Crippen molar-refractivity contribution in [3.05, 3.63) is 82.6 Å². The summed E-state index contributed by atoms with van der Waals surface area (Å²) in [7, 11) is 0. The standard InChI is InChI=1S/C22H18Cl2N6OS/c1-14(20(31)27-21-25-10-5-11-26-21)32-22-29-28-19(17-9-8-16(23)12-18(17)24)30(22)13-15-6-3-2-4-7-15/h2-12,14H,13H2,1H3,(H,25,26,27,31). The maximum atomic E-state index is 12.6. The molecule has 0 bridgehead atoms. The van der Waals surface area contributed by atoms with E-state index in [1.165, 1.54) is 11.8 Å². The van der Waals surface area contributed by atoms with Crippen molar-refractivity contribution in [2.45, 2.75) is 23.9 Å². The number of benzene rings is 2. The number of rotatable bonds is 7. The van der Waals surface area contributed by atoms with Gasteiger partial charge in [0.1, 0.15) is 0 Å². The predicted octanol–water partition coefficient (Wildman–Crippen LogP) is 5.21. The fourth-order valence-electron chi connectivity index (χ4n) is 2.94. The van der Waals surface area contributed by atoms with E-state index in [0.717, 1.165) is 5.56 Å². The average Bonchev–Trinajstić information content (AvgIpc) is 3.17. The molecule has 0 radical (unpaired) electrons. The van der Waals surface area contributed by atoms with Crippen LogP contribution in [0.3, 0.4) is 0 Å². The molecule has 2 heterocycles. The van der Waals surface area contributed by atoms with Gasteiger partial charge < -0.3 is 0 Å². The third-order valence-electron chi connectivity index (χ3n) is 4.52. The van der Waals surface area contributed by atoms with E-state index in [1.54, 1.807) is 37.5 Å². The molecule has 10 heteroatoms. The van der Waals surface area contributed by atoms with E-state index in [2.05, 4.69) is 25.5 Å². The van der Waals surface area contributed by atoms with Crippen LogP contribution in [0.2, 0.25) is 10.0 Å². The van der Waals surface area contributed by atoms with Crippen LogP contribution in [0.25, 0.3) is 11.4 Å². The number of anilines is 1. The van der Waals surface area contributed by atoms with Gasteiger partial charge in [-0.15, -0.1) is 10.2 Å². The van der Waals surface area contributed by atoms with E-state index < -0.39 is 5.25 Å². The number of amides is 1. The van der Waals surface area contributed by atoms with Crippen LogP contribution in [0, 0.1) is 0 Å². The fourth-order valence-corrected chi connectivity index (χ4v) is 4.28. The number of hydrogen-bond donors (Lipinski definition) is 1. The lowest BCUT2D eigenvalue weighted by atomic mass is 10.2. The van der Waals surface area contributed by atoms with Gasteiger partial charge in [-0.1, -0.05) is 65.3 Å². The molecule has 0 saturated heterocycles. The van der Waals surface area contributed by atoms with Crippen molar-refractivity contribution >= 4 is 46.8 Å². The van der Waals surface area contributed by atoms with Crippen molar-refractivity contribution < 1.29 is 4.79 Å². The van der Waals surface area contributed by atoms with E-state index in [-0.39, 0.29) is 11.9 Å². The smallest absolute Gasteiger partial charge is 0.240 e. The summed E-state index contributed by atoms with van der Waals surface area (Å²) < 4.78 is 1.94. The van der Waals surface area contributed by atoms with Crippen LogP contribution >= 0.6 is 35.0 Å². The number of thioether (sulfide) groups is 1. The minimum atomic E-state index is -0.467. The molecule has 0 aliphatic rings. The first-order valence-corrected chi connectivity index (χ1v) is 11.3. The number of carbonyl (C=O) groups is 1. The summed E-state index contributed by atoms with van der Waals surface area (Å²) in [5, 5.41) is 12.6. The van der Waals surface area contributed by atoms with Gasteiger partial charge in [0.05, 0.1) is 16.8 Å². The average molecular weight is 485 g/mol. The molecular formula is C22H18Cl2N6OS. The summed E-state index contributed by atoms with van der Waals surface area (Å²) in [6.45, 7) is 2.31. The monoisotopic (exact) mass is 484 g/mol. The predicted molar refractivity (Wildman–Crippen MR) is 127 cm³/mol. The first-order chi connectivity index (χ1) is 15.5. The zero-order chi connectivity index (χ0) is 22.5. The molecule has 0 fully saturated rings. The summed E-state index contributed by atoms with van der Waals surface area (Å²) in [4.78, 5) is 20.7. The number of hydrogen-bond acceptors (Lipinski definition) is 6. The Morgan fingerprint density at radius 3 is 2.53 bits per heavy atom. The molecule has 162 valence electrons. The topological polar surface area (TPSA) is 85.6 Å². The molecule has 1 N–H and O–H groups in total. The van der Waals surface area contributed by atoms with Crippen LogP contribution in [-0.2, 0) is 11.3 Å². The van der Waals surface area contributed by atoms with Crippen LogP contribution < -0.4 is 5.32 Å². The summed E-state index contributed by atoms with van der Waals surface area (Å²) in [5.41, 5.74) is 1.77. The Bertz CT molecular complexity index is 1220. The molecule has 4 rings (SSSR count). The Balaban J connectivity index is 1.64. The molecule has 0 spiro atoms. The number of nitrogens with one attached hydrogen (secondary N) is 1. The Morgan fingerprint density at radius 2 is 1.81 bits per heavy atom. The van der Waals surface area contributed by atoms with Crippen LogP contribution in [0.1, 0.15) is 12.5 Å². The maximum Gasteiger partial charge on any atom is 0.240 e. The molecule has 7 nitrogen and oxygen atoms in total. The second-order valence-corrected chi connectivity index (χ2v) is 8.98. The summed E-state index contributed by atoms with van der Waals surface area (Å²) in [6, 6.07) is 16.9. The van der Waals surface area contributed by atoms with Crippen molar-refractivity contribution in [1.29, 1.82) is 0 Å². The number of carbonyl (C=O) groups excluding carboxylic acids is 1. The lowest BCUT2D eigenvalue weighted by Gasteiger charge is -2.14. The van der Waals surface area contributed by atoms with E-state index in [9.17, 15) is 4.79 Å². The van der Waals surface area contributed by atoms with Crippen molar-refractivity contribution in [3.8, 4) is 11.4 Å². The lowest BCUT2D eigenvalue weighted by molar-refractivity contribution is -0.115. The molecule has 32 heavy (non-hydrogen) atoms. The molecule has 2 aromatic heterocycles. The lowest BCUT2D eigenvalue weighted by Crippen LogP contribution is -2.24. The molecule has 0 aliphatic heterocycles. The van der Waals surface area contributed by atoms with Gasteiger partial charge in [0.2, 0.25) is 11.9 Å². The van der Waals surface area contributed by atoms with Crippen LogP contribution in [0.5, 0.6) is 0 Å². The molecule has 0 saturated carbocycles. The van der Waals surface area contributed by atoms with Crippen molar-refractivity contribution in [2.24, 2.45) is 0 Å². The van der Waals surface area contributed by atoms with Crippen molar-refractivity contribution in [2.75, 3.05) is 5.32 Å². The molecule has 4 aromatic rings. The van der Waals surface area contributed by atoms with Crippen molar-refractivity contribution in [1.82, 2.24) is 24.7 Å². The quantitative estimate of drug-likeness (QED) is 0.362. The van der Waals surface area contributed by atoms with Gasteiger partial charge in [0, 0.05) is 23.0 Å². The zero-order valence-corrected chi connectivity index (χ0v) is 19.3. The number of nitrogens with zero attached hydrogens (tertiary/aromatic N) is 5. The van der Waals surface area contributed by atoms with Gasteiger partial charge in [0.25, 0.3) is 0 Å². The largest absolute Gasteiger partial charge is 0.297 e. The van der Waals surface area contributed by atoms with Gasteiger partial charge in [-0.2, -0.15) is 0 Å². The van der Waals surface area contributed by atoms with Crippen LogP contribution in [-0.4, -0.2) is 35.9 Å². The second kappa shape index (κ2) is 10.1. The third kappa shape index (κ3) is 5.27. The van der Waals surface area contributed by atoms with Gasteiger partial charge in [-0.3, -0.25) is 14.7 Å². The Kier molecular flexibility index (Phi) is 7.04. The summed E-state index contributed by atoms with van der Waals surface area (Å²) >= 11 is 13.8. The zero-order valence-electron chi connectivity index (χ0n) is 16.9. The third-order valence-corrected chi connectivity index (χ3v) is 6.15. The molecular weight excluding hydrogens is 467 g/mol. The minimum absolute atomic E-state index is 0.235. The number of aromatic nitrogens is 5. The maximum absolute atomic E-state index is 12.6. The van der Waals surface area contributed by atoms with Crippen LogP contribution in [0.4, 0.5) is 5.95 Å². The van der Waals surface area contributed by atoms with Crippen LogP contribution in [0.15, 0.2) is 72.1 Å². The molecule has 1 amide bonds. The molecule has 0 aliphatic carbocycles. The van der Waals surface area contributed by atoms with Gasteiger partial charge >= 0.3 is 0 Å². The van der Waals surface area contributed by atoms with Gasteiger partial charge in [-0.05, 0) is 36.8 Å². The molecule has 2 aromatic carbocycles. The highest BCUT2D eigenvalue weighted by atomic mass is 35.5. The second-order valence-electron chi connectivity index (χ2n) is 6.82. The molecule has 1 unspecified atom stereocenters. The normalized spacial score (nSPS) is 11.8. The van der Waals surface area contributed by atoms with Gasteiger partial charge in [-0.25, -0.2) is 9.97 Å². The Morgan fingerprint density at radius 1 is 1.06 bits per heavy atom. The van der Waals surface area contributed by atoms with E-state index >= 15 is 0 Å². The minimum Gasteiger partial charge on any atom is -0.297 e. The van der Waals surface area contributed by atoms with Crippen molar-refractivity contribution in [3.63, 3.8) is 0 Å². The fraction of sp³-hybridized carbons (Fsp3) is 0.136. The van der Waals surface area contributed by atoms with E-state index in [0.29, 0.717) is 33.1 Å².